The second-order valence-electron chi connectivity index (χ2n) is 4.11. The van der Waals surface area contributed by atoms with Crippen molar-refractivity contribution in [1.29, 1.82) is 0 Å². The van der Waals surface area contributed by atoms with Crippen LogP contribution in [0, 0.1) is 0 Å². The van der Waals surface area contributed by atoms with E-state index in [-0.39, 0.29) is 17.9 Å². The van der Waals surface area contributed by atoms with Crippen LogP contribution in [0.3, 0.4) is 0 Å². The summed E-state index contributed by atoms with van der Waals surface area (Å²) in [6.07, 6.45) is 3.16. The van der Waals surface area contributed by atoms with Crippen LogP contribution >= 0.6 is 0 Å². The molecule has 18 heavy (non-hydrogen) atoms. The Kier molecular flexibility index (Phi) is 5.11. The minimum Gasteiger partial charge on any atom is -0.465 e. The predicted octanol–water partition coefficient (Wildman–Crippen LogP) is 2.01. The fourth-order valence-electron chi connectivity index (χ4n) is 1.35. The van der Waals surface area contributed by atoms with E-state index >= 15 is 0 Å². The predicted molar refractivity (Wildman–Crippen MR) is 70.1 cm³/mol. The molecule has 0 atom stereocenters. The molecule has 0 aliphatic carbocycles. The van der Waals surface area contributed by atoms with Crippen molar-refractivity contribution < 1.29 is 14.3 Å². The maximum Gasteiger partial charge on any atom is 0.337 e. The van der Waals surface area contributed by atoms with Crippen LogP contribution in [0.2, 0.25) is 0 Å². The van der Waals surface area contributed by atoms with E-state index in [0.717, 1.165) is 5.56 Å². The van der Waals surface area contributed by atoms with Crippen molar-refractivity contribution in [2.45, 2.75) is 19.9 Å². The largest absolute Gasteiger partial charge is 0.465 e. The van der Waals surface area contributed by atoms with Gasteiger partial charge in [-0.25, -0.2) is 4.79 Å². The average molecular weight is 247 g/mol. The number of carbonyl (C=O) groups excluding carboxylic acids is 2. The van der Waals surface area contributed by atoms with Crippen molar-refractivity contribution in [2.24, 2.45) is 0 Å². The van der Waals surface area contributed by atoms with Crippen LogP contribution in [-0.4, -0.2) is 25.0 Å². The molecule has 4 heteroatoms. The second kappa shape index (κ2) is 6.59. The van der Waals surface area contributed by atoms with Gasteiger partial charge in [-0.3, -0.25) is 4.79 Å². The van der Waals surface area contributed by atoms with Crippen molar-refractivity contribution in [3.05, 3.63) is 41.5 Å². The molecule has 0 aromatic heterocycles. The first-order valence-corrected chi connectivity index (χ1v) is 5.70. The molecule has 0 fully saturated rings. The lowest BCUT2D eigenvalue weighted by Crippen LogP contribution is -2.28. The van der Waals surface area contributed by atoms with E-state index in [1.807, 2.05) is 13.8 Å². The van der Waals surface area contributed by atoms with Gasteiger partial charge in [-0.1, -0.05) is 12.1 Å². The van der Waals surface area contributed by atoms with Gasteiger partial charge in [0.1, 0.15) is 0 Å². The Morgan fingerprint density at radius 2 is 1.83 bits per heavy atom. The highest BCUT2D eigenvalue weighted by molar-refractivity contribution is 5.92. The Morgan fingerprint density at radius 1 is 1.22 bits per heavy atom. The summed E-state index contributed by atoms with van der Waals surface area (Å²) in [5, 5.41) is 2.75. The Labute approximate surface area is 107 Å². The zero-order valence-corrected chi connectivity index (χ0v) is 10.8. The average Bonchev–Trinajstić information content (AvgIpc) is 2.35. The van der Waals surface area contributed by atoms with Crippen molar-refractivity contribution in [3.63, 3.8) is 0 Å². The second-order valence-corrected chi connectivity index (χ2v) is 4.11. The fourth-order valence-corrected chi connectivity index (χ4v) is 1.35. The molecule has 0 spiro atoms. The first kappa shape index (κ1) is 14.0. The molecule has 0 heterocycles. The Bertz CT molecular complexity index is 447. The van der Waals surface area contributed by atoms with E-state index in [1.165, 1.54) is 13.2 Å². The highest BCUT2D eigenvalue weighted by Gasteiger charge is 2.03. The fraction of sp³-hybridized carbons (Fsp3) is 0.286. The monoisotopic (exact) mass is 247 g/mol. The maximum absolute atomic E-state index is 11.4. The number of esters is 1. The molecule has 0 aliphatic rings. The molecule has 96 valence electrons. The molecule has 0 saturated heterocycles. The van der Waals surface area contributed by atoms with Crippen LogP contribution in [0.5, 0.6) is 0 Å². The normalized spacial score (nSPS) is 10.7. The van der Waals surface area contributed by atoms with Crippen LogP contribution < -0.4 is 5.32 Å². The van der Waals surface area contributed by atoms with Crippen LogP contribution in [0.15, 0.2) is 30.3 Å². The van der Waals surface area contributed by atoms with Gasteiger partial charge in [-0.2, -0.15) is 0 Å². The van der Waals surface area contributed by atoms with Gasteiger partial charge < -0.3 is 10.1 Å². The zero-order chi connectivity index (χ0) is 13.5. The zero-order valence-electron chi connectivity index (χ0n) is 10.8. The lowest BCUT2D eigenvalue weighted by Gasteiger charge is -2.04. The molecule has 4 nitrogen and oxygen atoms in total. The number of hydrogen-bond acceptors (Lipinski definition) is 3. The summed E-state index contributed by atoms with van der Waals surface area (Å²) in [5.74, 6) is -0.509. The van der Waals surface area contributed by atoms with Gasteiger partial charge in [0.15, 0.2) is 0 Å². The summed E-state index contributed by atoms with van der Waals surface area (Å²) in [6, 6.07) is 6.94. The molecule has 1 aromatic rings. The summed E-state index contributed by atoms with van der Waals surface area (Å²) in [7, 11) is 1.34. The number of ether oxygens (including phenoxy) is 1. The van der Waals surface area contributed by atoms with Crippen molar-refractivity contribution in [2.75, 3.05) is 7.11 Å². The number of benzene rings is 1. The van der Waals surface area contributed by atoms with Gasteiger partial charge >= 0.3 is 5.97 Å². The minimum absolute atomic E-state index is 0.115. The highest BCUT2D eigenvalue weighted by Crippen LogP contribution is 2.07. The molecular weight excluding hydrogens is 230 g/mol. The summed E-state index contributed by atoms with van der Waals surface area (Å²) in [4.78, 5) is 22.6. The van der Waals surface area contributed by atoms with Crippen LogP contribution in [0.4, 0.5) is 0 Å². The van der Waals surface area contributed by atoms with Crippen LogP contribution in [0.25, 0.3) is 6.08 Å². The number of hydrogen-bond donors (Lipinski definition) is 1. The van der Waals surface area contributed by atoms with Gasteiger partial charge in [0.25, 0.3) is 0 Å². The van der Waals surface area contributed by atoms with E-state index in [9.17, 15) is 9.59 Å². The van der Waals surface area contributed by atoms with Crippen molar-refractivity contribution in [1.82, 2.24) is 5.32 Å². The van der Waals surface area contributed by atoms with Gasteiger partial charge in [0.2, 0.25) is 5.91 Å². The third-order valence-corrected chi connectivity index (χ3v) is 2.19. The molecule has 0 bridgehead atoms. The van der Waals surface area contributed by atoms with E-state index in [2.05, 4.69) is 10.1 Å². The van der Waals surface area contributed by atoms with Crippen LogP contribution in [0.1, 0.15) is 29.8 Å². The molecule has 1 amide bonds. The van der Waals surface area contributed by atoms with E-state index in [1.54, 1.807) is 30.3 Å². The summed E-state index contributed by atoms with van der Waals surface area (Å²) in [6.45, 7) is 3.80. The van der Waals surface area contributed by atoms with E-state index in [0.29, 0.717) is 5.56 Å². The molecule has 1 aromatic carbocycles. The van der Waals surface area contributed by atoms with Gasteiger partial charge in [0.05, 0.1) is 12.7 Å². The maximum atomic E-state index is 11.4. The van der Waals surface area contributed by atoms with E-state index < -0.39 is 0 Å². The molecule has 1 rings (SSSR count). The third kappa shape index (κ3) is 4.41. The molecule has 0 unspecified atom stereocenters. The third-order valence-electron chi connectivity index (χ3n) is 2.19. The number of rotatable bonds is 4. The quantitative estimate of drug-likeness (QED) is 0.654. The van der Waals surface area contributed by atoms with Crippen LogP contribution in [-0.2, 0) is 9.53 Å². The summed E-state index contributed by atoms with van der Waals surface area (Å²) >= 11 is 0. The molecule has 0 aliphatic heterocycles. The van der Waals surface area contributed by atoms with E-state index in [4.69, 9.17) is 0 Å². The van der Waals surface area contributed by atoms with Gasteiger partial charge in [-0.05, 0) is 37.6 Å². The number of carbonyl (C=O) groups is 2. The van der Waals surface area contributed by atoms with Crippen molar-refractivity contribution in [3.8, 4) is 0 Å². The number of amides is 1. The smallest absolute Gasteiger partial charge is 0.337 e. The molecule has 0 saturated carbocycles. The number of nitrogens with one attached hydrogen (secondary N) is 1. The standard InChI is InChI=1S/C14H17NO3/c1-10(2)15-13(16)9-6-11-4-7-12(8-5-11)14(17)18-3/h4-10H,1-3H3,(H,15,16). The van der Waals surface area contributed by atoms with Gasteiger partial charge in [-0.15, -0.1) is 0 Å². The first-order valence-electron chi connectivity index (χ1n) is 5.70. The SMILES string of the molecule is COC(=O)c1ccc(C=CC(=O)NC(C)C)cc1. The Hall–Kier alpha value is -2.10. The Morgan fingerprint density at radius 3 is 2.33 bits per heavy atom. The first-order chi connectivity index (χ1) is 8.52. The molecular formula is C14H17NO3. The highest BCUT2D eigenvalue weighted by atomic mass is 16.5. The summed E-state index contributed by atoms with van der Waals surface area (Å²) < 4.78 is 4.60. The summed E-state index contributed by atoms with van der Waals surface area (Å²) in [5.41, 5.74) is 1.34. The minimum atomic E-state index is -0.372. The Balaban J connectivity index is 2.66. The topological polar surface area (TPSA) is 55.4 Å². The molecule has 1 N–H and O–H groups in total. The molecule has 0 radical (unpaired) electrons. The van der Waals surface area contributed by atoms with Gasteiger partial charge in [0, 0.05) is 12.1 Å². The lowest BCUT2D eigenvalue weighted by atomic mass is 10.1. The number of methoxy groups -OCH3 is 1. The lowest BCUT2D eigenvalue weighted by molar-refractivity contribution is -0.116. The van der Waals surface area contributed by atoms with Crippen molar-refractivity contribution >= 4 is 18.0 Å².